The van der Waals surface area contributed by atoms with Crippen LogP contribution in [0.4, 0.5) is 5.13 Å². The van der Waals surface area contributed by atoms with Gasteiger partial charge in [-0.15, -0.1) is 11.8 Å². The molecule has 1 amide bonds. The van der Waals surface area contributed by atoms with E-state index in [0.29, 0.717) is 12.3 Å². The zero-order valence-corrected chi connectivity index (χ0v) is 18.1. The minimum atomic E-state index is 0.0377. The maximum Gasteiger partial charge on any atom is 0.239 e. The first-order valence-corrected chi connectivity index (χ1v) is 11.4. The maximum atomic E-state index is 13.1. The van der Waals surface area contributed by atoms with Crippen LogP contribution in [0.1, 0.15) is 22.5 Å². The molecule has 148 valence electrons. The van der Waals surface area contributed by atoms with Crippen molar-refractivity contribution in [1.82, 2.24) is 4.98 Å². The summed E-state index contributed by atoms with van der Waals surface area (Å²) in [5.74, 6) is 1.98. The highest BCUT2D eigenvalue weighted by atomic mass is 32.2. The number of thioether (sulfide) groups is 1. The van der Waals surface area contributed by atoms with Gasteiger partial charge in [0.25, 0.3) is 0 Å². The van der Waals surface area contributed by atoms with Gasteiger partial charge in [-0.25, -0.2) is 4.98 Å². The monoisotopic (exact) mass is 422 g/mol. The van der Waals surface area contributed by atoms with E-state index in [4.69, 9.17) is 9.40 Å². The molecule has 4 rings (SSSR count). The number of carbonyl (C=O) groups is 1. The quantitative estimate of drug-likeness (QED) is 0.368. The van der Waals surface area contributed by atoms with E-state index in [2.05, 4.69) is 38.1 Å². The first-order chi connectivity index (χ1) is 14.1. The van der Waals surface area contributed by atoms with E-state index in [1.165, 1.54) is 16.7 Å². The fraction of sp³-hybridized carbons (Fsp3) is 0.217. The van der Waals surface area contributed by atoms with Crippen molar-refractivity contribution in [3.05, 3.63) is 83.3 Å². The van der Waals surface area contributed by atoms with Crippen LogP contribution < -0.4 is 4.90 Å². The van der Waals surface area contributed by atoms with Gasteiger partial charge >= 0.3 is 0 Å². The van der Waals surface area contributed by atoms with Crippen molar-refractivity contribution in [2.24, 2.45) is 0 Å². The summed E-state index contributed by atoms with van der Waals surface area (Å²) >= 11 is 3.18. The van der Waals surface area contributed by atoms with Gasteiger partial charge in [-0.05, 0) is 48.7 Å². The van der Waals surface area contributed by atoms with E-state index in [9.17, 15) is 4.79 Å². The Morgan fingerprint density at radius 3 is 2.72 bits per heavy atom. The predicted molar refractivity (Wildman–Crippen MR) is 122 cm³/mol. The van der Waals surface area contributed by atoms with Crippen LogP contribution in [0, 0.1) is 13.8 Å². The Bertz CT molecular complexity index is 1100. The lowest BCUT2D eigenvalue weighted by Gasteiger charge is -2.18. The summed E-state index contributed by atoms with van der Waals surface area (Å²) in [5.41, 5.74) is 4.52. The number of aromatic nitrogens is 1. The molecule has 0 N–H and O–H groups in total. The van der Waals surface area contributed by atoms with Gasteiger partial charge in [0.2, 0.25) is 5.91 Å². The molecule has 0 radical (unpaired) electrons. The van der Waals surface area contributed by atoms with Crippen LogP contribution in [0.15, 0.2) is 65.3 Å². The largest absolute Gasteiger partial charge is 0.467 e. The van der Waals surface area contributed by atoms with Crippen LogP contribution in [-0.4, -0.2) is 16.6 Å². The van der Waals surface area contributed by atoms with Gasteiger partial charge in [-0.2, -0.15) is 0 Å². The number of rotatable bonds is 7. The Hall–Kier alpha value is -2.57. The number of aryl methyl sites for hydroxylation is 2. The molecular weight excluding hydrogens is 400 g/mol. The lowest BCUT2D eigenvalue weighted by molar-refractivity contribution is -0.116. The van der Waals surface area contributed by atoms with E-state index >= 15 is 0 Å². The molecule has 6 heteroatoms. The summed E-state index contributed by atoms with van der Waals surface area (Å²) in [6, 6.07) is 18.2. The number of thiazole rings is 1. The number of furan rings is 1. The molecule has 2 aromatic heterocycles. The fourth-order valence-electron chi connectivity index (χ4n) is 3.21. The molecule has 0 saturated carbocycles. The Balaban J connectivity index is 1.56. The third kappa shape index (κ3) is 4.71. The molecule has 4 nitrogen and oxygen atoms in total. The summed E-state index contributed by atoms with van der Waals surface area (Å²) in [4.78, 5) is 19.6. The molecule has 0 unspecified atom stereocenters. The lowest BCUT2D eigenvalue weighted by Crippen LogP contribution is -2.31. The molecule has 0 spiro atoms. The molecule has 2 heterocycles. The van der Waals surface area contributed by atoms with Gasteiger partial charge < -0.3 is 4.42 Å². The van der Waals surface area contributed by atoms with Crippen LogP contribution in [0.25, 0.3) is 10.2 Å². The fourth-order valence-corrected chi connectivity index (χ4v) is 5.10. The zero-order chi connectivity index (χ0) is 20.2. The number of amides is 1. The molecule has 4 aromatic rings. The standard InChI is InChI=1S/C23H22N2O2S2/c1-16-11-17(2)22-20(12-16)24-23(29-22)25(13-19-9-6-10-27-19)21(26)15-28-14-18-7-4-3-5-8-18/h3-12H,13-15H2,1-2H3. The van der Waals surface area contributed by atoms with Gasteiger partial charge in [0.05, 0.1) is 28.8 Å². The van der Waals surface area contributed by atoms with Gasteiger partial charge in [-0.1, -0.05) is 47.7 Å². The molecule has 29 heavy (non-hydrogen) atoms. The average molecular weight is 423 g/mol. The molecular formula is C23H22N2O2S2. The molecule has 0 aliphatic heterocycles. The van der Waals surface area contributed by atoms with Crippen LogP contribution in [-0.2, 0) is 17.1 Å². The van der Waals surface area contributed by atoms with Crippen molar-refractivity contribution < 1.29 is 9.21 Å². The molecule has 0 aliphatic rings. The number of benzene rings is 2. The maximum absolute atomic E-state index is 13.1. The number of hydrogen-bond donors (Lipinski definition) is 0. The highest BCUT2D eigenvalue weighted by Crippen LogP contribution is 2.33. The van der Waals surface area contributed by atoms with Gasteiger partial charge in [0.1, 0.15) is 5.76 Å². The second kappa shape index (κ2) is 8.84. The molecule has 0 atom stereocenters. The van der Waals surface area contributed by atoms with Crippen molar-refractivity contribution in [1.29, 1.82) is 0 Å². The van der Waals surface area contributed by atoms with Crippen LogP contribution in [0.2, 0.25) is 0 Å². The molecule has 0 saturated heterocycles. The molecule has 2 aromatic carbocycles. The molecule has 0 bridgehead atoms. The molecule has 0 fully saturated rings. The number of anilines is 1. The SMILES string of the molecule is Cc1cc(C)c2sc(N(Cc3ccco3)C(=O)CSCc3ccccc3)nc2c1. The number of nitrogens with zero attached hydrogens (tertiary/aromatic N) is 2. The topological polar surface area (TPSA) is 46.3 Å². The number of fused-ring (bicyclic) bond motifs is 1. The Morgan fingerprint density at radius 2 is 1.97 bits per heavy atom. The summed E-state index contributed by atoms with van der Waals surface area (Å²) in [7, 11) is 0. The van der Waals surface area contributed by atoms with E-state index in [0.717, 1.165) is 26.9 Å². The van der Waals surface area contributed by atoms with E-state index in [1.807, 2.05) is 30.3 Å². The van der Waals surface area contributed by atoms with Crippen LogP contribution in [0.3, 0.4) is 0 Å². The zero-order valence-electron chi connectivity index (χ0n) is 16.4. The van der Waals surface area contributed by atoms with E-state index in [-0.39, 0.29) is 5.91 Å². The number of hydrogen-bond acceptors (Lipinski definition) is 5. The van der Waals surface area contributed by atoms with E-state index in [1.54, 1.807) is 34.3 Å². The third-order valence-electron chi connectivity index (χ3n) is 4.57. The van der Waals surface area contributed by atoms with Crippen molar-refractivity contribution in [3.63, 3.8) is 0 Å². The minimum Gasteiger partial charge on any atom is -0.467 e. The smallest absolute Gasteiger partial charge is 0.239 e. The van der Waals surface area contributed by atoms with Gasteiger partial charge in [0.15, 0.2) is 5.13 Å². The van der Waals surface area contributed by atoms with Crippen molar-refractivity contribution >= 4 is 44.4 Å². The summed E-state index contributed by atoms with van der Waals surface area (Å²) in [6.45, 7) is 4.54. The first kappa shape index (κ1) is 19.7. The Labute approximate surface area is 178 Å². The second-order valence-electron chi connectivity index (χ2n) is 6.96. The lowest BCUT2D eigenvalue weighted by atomic mass is 10.1. The normalized spacial score (nSPS) is 11.1. The summed E-state index contributed by atoms with van der Waals surface area (Å²) in [5, 5.41) is 0.718. The van der Waals surface area contributed by atoms with Crippen molar-refractivity contribution in [2.75, 3.05) is 10.7 Å². The first-order valence-electron chi connectivity index (χ1n) is 9.42. The van der Waals surface area contributed by atoms with Crippen molar-refractivity contribution in [3.8, 4) is 0 Å². The average Bonchev–Trinajstić information content (AvgIpc) is 3.36. The van der Waals surface area contributed by atoms with Gasteiger partial charge in [0, 0.05) is 5.75 Å². The highest BCUT2D eigenvalue weighted by molar-refractivity contribution is 7.99. The predicted octanol–water partition coefficient (Wildman–Crippen LogP) is 5.97. The summed E-state index contributed by atoms with van der Waals surface area (Å²) < 4.78 is 6.63. The van der Waals surface area contributed by atoms with E-state index < -0.39 is 0 Å². The highest BCUT2D eigenvalue weighted by Gasteiger charge is 2.22. The van der Waals surface area contributed by atoms with Crippen LogP contribution >= 0.6 is 23.1 Å². The van der Waals surface area contributed by atoms with Crippen LogP contribution in [0.5, 0.6) is 0 Å². The molecule has 0 aliphatic carbocycles. The minimum absolute atomic E-state index is 0.0377. The second-order valence-corrected chi connectivity index (χ2v) is 8.93. The Morgan fingerprint density at radius 1 is 1.14 bits per heavy atom. The third-order valence-corrected chi connectivity index (χ3v) is 6.79. The van der Waals surface area contributed by atoms with Gasteiger partial charge in [-0.3, -0.25) is 9.69 Å². The van der Waals surface area contributed by atoms with Crippen molar-refractivity contribution in [2.45, 2.75) is 26.1 Å². The summed E-state index contributed by atoms with van der Waals surface area (Å²) in [6.07, 6.45) is 1.63. The number of carbonyl (C=O) groups excluding carboxylic acids is 1. The Kier molecular flexibility index (Phi) is 6.02.